The van der Waals surface area contributed by atoms with E-state index >= 15 is 0 Å². The Hall–Kier alpha value is -4.36. The van der Waals surface area contributed by atoms with E-state index in [1.807, 2.05) is 37.4 Å². The van der Waals surface area contributed by atoms with Crippen LogP contribution in [0.25, 0.3) is 50.2 Å². The summed E-state index contributed by atoms with van der Waals surface area (Å²) in [7, 11) is 0. The van der Waals surface area contributed by atoms with Crippen LogP contribution in [-0.2, 0) is 0 Å². The third-order valence-electron chi connectivity index (χ3n) is 7.18. The molecule has 1 saturated heterocycles. The molecule has 0 aliphatic carbocycles. The lowest BCUT2D eigenvalue weighted by Gasteiger charge is -2.15. The van der Waals surface area contributed by atoms with E-state index in [4.69, 9.17) is 0 Å². The predicted molar refractivity (Wildman–Crippen MR) is 152 cm³/mol. The Balaban J connectivity index is 1.39. The smallest absolute Gasteiger partial charge is 0.181 e. The summed E-state index contributed by atoms with van der Waals surface area (Å²) < 4.78 is 13.9. The number of halogens is 1. The van der Waals surface area contributed by atoms with Gasteiger partial charge in [0.2, 0.25) is 0 Å². The minimum Gasteiger partial charge on any atom is -0.353 e. The van der Waals surface area contributed by atoms with Gasteiger partial charge in [0.25, 0.3) is 0 Å². The molecule has 6 rings (SSSR count). The van der Waals surface area contributed by atoms with Crippen molar-refractivity contribution in [3.05, 3.63) is 96.6 Å². The zero-order valence-electron chi connectivity index (χ0n) is 21.3. The van der Waals surface area contributed by atoms with Gasteiger partial charge in [0.15, 0.2) is 5.65 Å². The van der Waals surface area contributed by atoms with Crippen molar-refractivity contribution in [1.82, 2.24) is 30.0 Å². The average Bonchev–Trinajstić information content (AvgIpc) is 3.70. The fraction of sp³-hybridized carbons (Fsp3) is 0.194. The highest BCUT2D eigenvalue weighted by Crippen LogP contribution is 2.33. The molecule has 7 heteroatoms. The van der Waals surface area contributed by atoms with Crippen molar-refractivity contribution in [1.29, 1.82) is 0 Å². The van der Waals surface area contributed by atoms with Crippen LogP contribution in [0.4, 0.5) is 4.39 Å². The van der Waals surface area contributed by atoms with Crippen LogP contribution >= 0.6 is 0 Å². The summed E-state index contributed by atoms with van der Waals surface area (Å²) in [6.45, 7) is 9.29. The normalized spacial score (nSPS) is 15.1. The predicted octanol–water partition coefficient (Wildman–Crippen LogP) is 6.92. The van der Waals surface area contributed by atoms with E-state index < -0.39 is 0 Å². The second-order valence-electron chi connectivity index (χ2n) is 9.66. The Morgan fingerprint density at radius 3 is 2.76 bits per heavy atom. The Labute approximate surface area is 220 Å². The molecule has 190 valence electrons. The van der Waals surface area contributed by atoms with Crippen molar-refractivity contribution >= 4 is 27.5 Å². The second-order valence-corrected chi connectivity index (χ2v) is 9.66. The summed E-state index contributed by atoms with van der Waals surface area (Å²) in [5.41, 5.74) is 8.03. The van der Waals surface area contributed by atoms with E-state index in [9.17, 15) is 4.39 Å². The molecule has 0 amide bonds. The van der Waals surface area contributed by atoms with Gasteiger partial charge in [-0.1, -0.05) is 36.9 Å². The summed E-state index contributed by atoms with van der Waals surface area (Å²) in [5.74, 6) is -0.288. The van der Waals surface area contributed by atoms with Crippen LogP contribution in [0, 0.1) is 5.82 Å². The van der Waals surface area contributed by atoms with Crippen LogP contribution in [-0.4, -0.2) is 49.7 Å². The van der Waals surface area contributed by atoms with Crippen molar-refractivity contribution in [2.24, 2.45) is 0 Å². The molecule has 0 saturated carbocycles. The Morgan fingerprint density at radius 2 is 1.97 bits per heavy atom. The Bertz CT molecular complexity index is 1700. The number of nitrogens with one attached hydrogen (secondary N) is 2. The maximum absolute atomic E-state index is 13.9. The topological polar surface area (TPSA) is 73.5 Å². The summed E-state index contributed by atoms with van der Waals surface area (Å²) >= 11 is 0. The number of hydrogen-bond donors (Lipinski definition) is 2. The van der Waals surface area contributed by atoms with Crippen LogP contribution in [0.1, 0.15) is 25.3 Å². The van der Waals surface area contributed by atoms with E-state index in [0.29, 0.717) is 5.65 Å². The lowest BCUT2D eigenvalue weighted by Crippen LogP contribution is -2.21. The minimum atomic E-state index is -0.288. The molecule has 1 aromatic carbocycles. The highest BCUT2D eigenvalue weighted by atomic mass is 19.1. The summed E-state index contributed by atoms with van der Waals surface area (Å²) in [6.07, 6.45) is 12.4. The highest BCUT2D eigenvalue weighted by Gasteiger charge is 2.16. The van der Waals surface area contributed by atoms with Crippen LogP contribution in [0.3, 0.4) is 0 Å². The van der Waals surface area contributed by atoms with Gasteiger partial charge in [-0.05, 0) is 74.3 Å². The Kier molecular flexibility index (Phi) is 6.43. The van der Waals surface area contributed by atoms with Crippen LogP contribution in [0.5, 0.6) is 0 Å². The minimum absolute atomic E-state index is 0.288. The van der Waals surface area contributed by atoms with E-state index in [1.54, 1.807) is 12.3 Å². The number of H-pyrrole nitrogens is 2. The monoisotopic (exact) mass is 504 g/mol. The molecule has 0 unspecified atom stereocenters. The number of fused-ring (bicyclic) bond motifs is 2. The van der Waals surface area contributed by atoms with Gasteiger partial charge in [0.05, 0.1) is 17.1 Å². The van der Waals surface area contributed by atoms with Gasteiger partial charge in [-0.2, -0.15) is 5.10 Å². The zero-order valence-corrected chi connectivity index (χ0v) is 21.3. The Morgan fingerprint density at radius 1 is 1.11 bits per heavy atom. The van der Waals surface area contributed by atoms with Crippen LogP contribution in [0.2, 0.25) is 0 Å². The second kappa shape index (κ2) is 10.2. The number of allylic oxidation sites excluding steroid dienone is 3. The average molecular weight is 505 g/mol. The first kappa shape index (κ1) is 24.0. The van der Waals surface area contributed by atoms with Crippen LogP contribution < -0.4 is 0 Å². The molecule has 4 aromatic heterocycles. The van der Waals surface area contributed by atoms with Crippen LogP contribution in [0.15, 0.2) is 85.2 Å². The lowest BCUT2D eigenvalue weighted by molar-refractivity contribution is 0.371. The number of hydrogen-bond acceptors (Lipinski definition) is 4. The molecule has 0 bridgehead atoms. The van der Waals surface area contributed by atoms with E-state index in [2.05, 4.69) is 54.8 Å². The van der Waals surface area contributed by atoms with Gasteiger partial charge in [0.1, 0.15) is 5.82 Å². The summed E-state index contributed by atoms with van der Waals surface area (Å²) in [5, 5.41) is 9.44. The molecule has 5 heterocycles. The number of aromatic nitrogens is 5. The van der Waals surface area contributed by atoms with Gasteiger partial charge in [0, 0.05) is 46.4 Å². The number of nitrogens with zero attached hydrogens (tertiary/aromatic N) is 4. The maximum atomic E-state index is 13.9. The number of benzene rings is 1. The third-order valence-corrected chi connectivity index (χ3v) is 7.18. The van der Waals surface area contributed by atoms with Gasteiger partial charge in [-0.3, -0.25) is 15.0 Å². The van der Waals surface area contributed by atoms with Gasteiger partial charge in [-0.15, -0.1) is 0 Å². The molecule has 38 heavy (non-hydrogen) atoms. The number of aromatic amines is 2. The molecule has 2 N–H and O–H groups in total. The quantitative estimate of drug-likeness (QED) is 0.236. The molecule has 0 radical (unpaired) electrons. The van der Waals surface area contributed by atoms with Crippen molar-refractivity contribution in [2.75, 3.05) is 19.6 Å². The van der Waals surface area contributed by atoms with Crippen molar-refractivity contribution in [2.45, 2.75) is 19.8 Å². The van der Waals surface area contributed by atoms with Gasteiger partial charge >= 0.3 is 0 Å². The standard InChI is InChI=1S/C31H29FN6/c1-3-20(19-38-12-5-6-13-38)14-21(4-2)23-16-26-30(36-37-31(26)34-18-23)28-17-25-27(35-28)10-11-33-29(25)22-8-7-9-24(32)15-22/h3-4,7-11,14-18,35H,1,5-6,12-13,19H2,2H3,(H,34,36,37)/b20-14+,21-4+. The molecule has 0 spiro atoms. The van der Waals surface area contributed by atoms with Crippen molar-refractivity contribution in [3.8, 4) is 22.6 Å². The molecule has 6 nitrogen and oxygen atoms in total. The van der Waals surface area contributed by atoms with Crippen molar-refractivity contribution < 1.29 is 4.39 Å². The van der Waals surface area contributed by atoms with E-state index in [0.717, 1.165) is 69.7 Å². The fourth-order valence-electron chi connectivity index (χ4n) is 5.22. The highest BCUT2D eigenvalue weighted by molar-refractivity contribution is 6.00. The molecular weight excluding hydrogens is 475 g/mol. The molecular formula is C31H29FN6. The molecule has 5 aromatic rings. The lowest BCUT2D eigenvalue weighted by atomic mass is 10.0. The van der Waals surface area contributed by atoms with Gasteiger partial charge < -0.3 is 4.98 Å². The van der Waals surface area contributed by atoms with Gasteiger partial charge in [-0.25, -0.2) is 9.37 Å². The molecule has 1 aliphatic heterocycles. The first-order valence-electron chi connectivity index (χ1n) is 12.9. The molecule has 1 aliphatic rings. The molecule has 1 fully saturated rings. The largest absolute Gasteiger partial charge is 0.353 e. The number of likely N-dealkylation sites (tertiary alicyclic amines) is 1. The summed E-state index contributed by atoms with van der Waals surface area (Å²) in [6, 6.07) is 12.6. The first-order chi connectivity index (χ1) is 18.6. The fourth-order valence-corrected chi connectivity index (χ4v) is 5.22. The van der Waals surface area contributed by atoms with Crippen molar-refractivity contribution in [3.63, 3.8) is 0 Å². The zero-order chi connectivity index (χ0) is 26.1. The molecule has 0 atom stereocenters. The summed E-state index contributed by atoms with van der Waals surface area (Å²) in [4.78, 5) is 15.1. The van der Waals surface area contributed by atoms with E-state index in [1.165, 1.54) is 30.5 Å². The first-order valence-corrected chi connectivity index (χ1v) is 12.9. The third kappa shape index (κ3) is 4.57. The maximum Gasteiger partial charge on any atom is 0.181 e. The van der Waals surface area contributed by atoms with E-state index in [-0.39, 0.29) is 5.82 Å². The number of rotatable bonds is 7. The number of pyridine rings is 2. The SMILES string of the molecule is C=C/C(=C\C(=C/C)c1cnc2n[nH]c(-c3cc4c(-c5cccc(F)c5)nccc4[nH]3)c2c1)CN1CCCC1.